The number of carbonyl (C=O) groups is 3. The van der Waals surface area contributed by atoms with Crippen LogP contribution in [0.1, 0.15) is 62.6 Å². The van der Waals surface area contributed by atoms with E-state index in [1.165, 1.54) is 4.90 Å². The molecule has 3 atom stereocenters. The Labute approximate surface area is 204 Å². The van der Waals surface area contributed by atoms with Crippen molar-refractivity contribution in [3.63, 3.8) is 0 Å². The first-order valence-corrected chi connectivity index (χ1v) is 12.0. The average Bonchev–Trinajstić information content (AvgIpc) is 3.42. The van der Waals surface area contributed by atoms with Crippen LogP contribution < -0.4 is 4.74 Å². The topological polar surface area (TPSA) is 92.1 Å². The van der Waals surface area contributed by atoms with Gasteiger partial charge >= 0.3 is 0 Å². The minimum Gasteiger partial charge on any atom is -0.497 e. The fraction of sp³-hybridized carbons (Fsp3) is 0.444. The summed E-state index contributed by atoms with van der Waals surface area (Å²) in [5.41, 5.74) is 1.07. The van der Waals surface area contributed by atoms with Gasteiger partial charge in [0.25, 0.3) is 11.6 Å². The zero-order valence-corrected chi connectivity index (χ0v) is 20.8. The van der Waals surface area contributed by atoms with Gasteiger partial charge in [-0.2, -0.15) is 0 Å². The van der Waals surface area contributed by atoms with Crippen molar-refractivity contribution in [2.75, 3.05) is 13.7 Å². The number of carbonyl (C=O) groups excluding carboxylic acids is 3. The first-order valence-electron chi connectivity index (χ1n) is 12.0. The molecule has 3 aliphatic heterocycles. The van der Waals surface area contributed by atoms with E-state index in [-0.39, 0.29) is 11.5 Å². The van der Waals surface area contributed by atoms with Crippen LogP contribution in [0.15, 0.2) is 41.5 Å². The average molecular weight is 478 g/mol. The van der Waals surface area contributed by atoms with Crippen molar-refractivity contribution >= 4 is 28.5 Å². The smallest absolute Gasteiger partial charge is 0.287 e. The Morgan fingerprint density at radius 1 is 1.17 bits per heavy atom. The molecule has 0 spiro atoms. The van der Waals surface area contributed by atoms with E-state index in [0.717, 1.165) is 21.6 Å². The number of fused-ring (bicyclic) bond motifs is 5. The number of piperazine rings is 1. The molecule has 2 fully saturated rings. The minimum absolute atomic E-state index is 0.282. The van der Waals surface area contributed by atoms with Crippen molar-refractivity contribution in [2.24, 2.45) is 0 Å². The van der Waals surface area contributed by atoms with Gasteiger partial charge in [0, 0.05) is 24.5 Å². The van der Waals surface area contributed by atoms with Gasteiger partial charge in [-0.15, -0.1) is 0 Å². The quantitative estimate of drug-likeness (QED) is 0.539. The molecule has 1 aromatic heterocycles. The SMILES string of the molecule is COc1ccc2c3c(n(CC=C(C)C)c2c1)C(C=C(C)C)N1C(=O)C2CCCN2C(=O)C1(O)C3=O. The van der Waals surface area contributed by atoms with Crippen LogP contribution in [0.25, 0.3) is 10.9 Å². The van der Waals surface area contributed by atoms with Crippen LogP contribution in [0, 0.1) is 0 Å². The van der Waals surface area contributed by atoms with Crippen LogP contribution in [0.3, 0.4) is 0 Å². The lowest BCUT2D eigenvalue weighted by Gasteiger charge is -2.51. The number of allylic oxidation sites excluding steroid dienone is 3. The summed E-state index contributed by atoms with van der Waals surface area (Å²) in [7, 11) is 1.58. The first kappa shape index (κ1) is 23.4. The third kappa shape index (κ3) is 3.19. The fourth-order valence-electron chi connectivity index (χ4n) is 5.69. The van der Waals surface area contributed by atoms with Crippen LogP contribution in [-0.4, -0.2) is 62.5 Å². The molecule has 5 rings (SSSR count). The van der Waals surface area contributed by atoms with Gasteiger partial charge in [0.2, 0.25) is 11.7 Å². The van der Waals surface area contributed by atoms with E-state index >= 15 is 0 Å². The number of methoxy groups -OCH3 is 1. The van der Waals surface area contributed by atoms with Crippen LogP contribution in [0.5, 0.6) is 5.75 Å². The summed E-state index contributed by atoms with van der Waals surface area (Å²) in [6.45, 7) is 8.62. The lowest BCUT2D eigenvalue weighted by atomic mass is 9.83. The molecule has 2 saturated heterocycles. The van der Waals surface area contributed by atoms with Gasteiger partial charge in [-0.25, -0.2) is 0 Å². The highest BCUT2D eigenvalue weighted by molar-refractivity contribution is 6.25. The molecular formula is C27H31N3O5. The predicted molar refractivity (Wildman–Crippen MR) is 131 cm³/mol. The number of ether oxygens (including phenoxy) is 1. The van der Waals surface area contributed by atoms with Gasteiger partial charge in [0.15, 0.2) is 0 Å². The highest BCUT2D eigenvalue weighted by Gasteiger charge is 2.66. The molecule has 8 nitrogen and oxygen atoms in total. The molecule has 2 aromatic rings. The predicted octanol–water partition coefficient (Wildman–Crippen LogP) is 3.34. The van der Waals surface area contributed by atoms with Crippen LogP contribution in [-0.2, 0) is 16.1 Å². The number of nitrogens with zero attached hydrogens (tertiary/aromatic N) is 3. The molecule has 2 amide bonds. The fourth-order valence-corrected chi connectivity index (χ4v) is 5.69. The van der Waals surface area contributed by atoms with Crippen molar-refractivity contribution in [1.82, 2.24) is 14.4 Å². The number of aromatic nitrogens is 1. The highest BCUT2D eigenvalue weighted by Crippen LogP contribution is 2.48. The number of benzene rings is 1. The minimum atomic E-state index is -2.57. The van der Waals surface area contributed by atoms with E-state index in [1.807, 2.05) is 50.5 Å². The Bertz CT molecular complexity index is 1330. The van der Waals surface area contributed by atoms with Gasteiger partial charge in [-0.05, 0) is 52.7 Å². The Morgan fingerprint density at radius 3 is 2.57 bits per heavy atom. The lowest BCUT2D eigenvalue weighted by molar-refractivity contribution is -0.192. The molecular weight excluding hydrogens is 446 g/mol. The van der Waals surface area contributed by atoms with Crippen molar-refractivity contribution in [3.05, 3.63) is 52.8 Å². The van der Waals surface area contributed by atoms with Crippen molar-refractivity contribution < 1.29 is 24.2 Å². The number of amides is 2. The number of hydrogen-bond donors (Lipinski definition) is 1. The van der Waals surface area contributed by atoms with E-state index in [4.69, 9.17) is 4.74 Å². The van der Waals surface area contributed by atoms with Crippen LogP contribution >= 0.6 is 0 Å². The number of aliphatic hydroxyl groups is 1. The van der Waals surface area contributed by atoms with E-state index in [9.17, 15) is 19.5 Å². The third-order valence-electron chi connectivity index (χ3n) is 7.27. The molecule has 8 heteroatoms. The summed E-state index contributed by atoms with van der Waals surface area (Å²) in [6, 6.07) is 3.97. The summed E-state index contributed by atoms with van der Waals surface area (Å²) < 4.78 is 7.45. The second kappa shape index (κ2) is 8.09. The summed E-state index contributed by atoms with van der Waals surface area (Å²) in [5.74, 6) is -1.22. The van der Waals surface area contributed by atoms with E-state index in [1.54, 1.807) is 19.2 Å². The second-order valence-corrected chi connectivity index (χ2v) is 10.1. The Kier molecular flexibility index (Phi) is 5.40. The van der Waals surface area contributed by atoms with Gasteiger partial charge in [-0.1, -0.05) is 23.3 Å². The van der Waals surface area contributed by atoms with Crippen molar-refractivity contribution in [3.8, 4) is 5.75 Å². The van der Waals surface area contributed by atoms with Gasteiger partial charge in [0.05, 0.1) is 29.9 Å². The molecule has 1 aromatic carbocycles. The molecule has 1 N–H and O–H groups in total. The van der Waals surface area contributed by atoms with E-state index in [2.05, 4.69) is 0 Å². The van der Waals surface area contributed by atoms with Crippen LogP contribution in [0.4, 0.5) is 0 Å². The Morgan fingerprint density at radius 2 is 1.91 bits per heavy atom. The molecule has 3 aliphatic rings. The molecule has 184 valence electrons. The Balaban J connectivity index is 1.87. The molecule has 3 unspecified atom stereocenters. The summed E-state index contributed by atoms with van der Waals surface area (Å²) in [6.07, 6.45) is 5.10. The molecule has 0 aliphatic carbocycles. The number of rotatable bonds is 4. The van der Waals surface area contributed by atoms with Gasteiger partial charge in [-0.3, -0.25) is 19.3 Å². The van der Waals surface area contributed by atoms with E-state index in [0.29, 0.717) is 42.8 Å². The second-order valence-electron chi connectivity index (χ2n) is 10.1. The monoisotopic (exact) mass is 477 g/mol. The van der Waals surface area contributed by atoms with E-state index < -0.39 is 29.5 Å². The maximum absolute atomic E-state index is 14.1. The normalized spacial score (nSPS) is 25.4. The largest absolute Gasteiger partial charge is 0.497 e. The Hall–Kier alpha value is -3.39. The third-order valence-corrected chi connectivity index (χ3v) is 7.27. The number of Topliss-reactive ketones (excluding diaryl/α,β-unsaturated/α-hetero) is 1. The lowest BCUT2D eigenvalue weighted by Crippen LogP contribution is -2.75. The molecule has 0 radical (unpaired) electrons. The van der Waals surface area contributed by atoms with Gasteiger partial charge < -0.3 is 19.3 Å². The van der Waals surface area contributed by atoms with Crippen LogP contribution in [0.2, 0.25) is 0 Å². The van der Waals surface area contributed by atoms with Crippen molar-refractivity contribution in [2.45, 2.75) is 64.9 Å². The zero-order valence-electron chi connectivity index (χ0n) is 20.8. The molecule has 0 saturated carbocycles. The zero-order chi connectivity index (χ0) is 25.2. The highest BCUT2D eigenvalue weighted by atomic mass is 16.5. The summed E-state index contributed by atoms with van der Waals surface area (Å²) in [4.78, 5) is 44.0. The molecule has 0 bridgehead atoms. The maximum atomic E-state index is 14.1. The van der Waals surface area contributed by atoms with Crippen molar-refractivity contribution in [1.29, 1.82) is 0 Å². The van der Waals surface area contributed by atoms with Gasteiger partial charge in [0.1, 0.15) is 11.8 Å². The summed E-state index contributed by atoms with van der Waals surface area (Å²) >= 11 is 0. The molecule has 35 heavy (non-hydrogen) atoms. The first-order chi connectivity index (χ1) is 16.6. The number of hydrogen-bond acceptors (Lipinski definition) is 5. The molecule has 4 heterocycles. The maximum Gasteiger partial charge on any atom is 0.287 e. The summed E-state index contributed by atoms with van der Waals surface area (Å²) in [5, 5.41) is 12.5. The standard InChI is InChI=1S/C27H31N3O5/c1-15(2)10-12-28-20-14-17(35-5)8-9-18(20)22-23(28)21(13-16(3)4)30-25(32)19-7-6-11-29(19)26(33)27(30,34)24(22)31/h8-10,13-14,19,21,34H,6-7,11-12H2,1-5H3. The number of ketones is 1.